The second kappa shape index (κ2) is 6.16. The third kappa shape index (κ3) is 2.86. The van der Waals surface area contributed by atoms with Crippen molar-refractivity contribution in [2.75, 3.05) is 12.4 Å². The van der Waals surface area contributed by atoms with Crippen LogP contribution in [-0.4, -0.2) is 28.4 Å². The fourth-order valence-corrected chi connectivity index (χ4v) is 2.57. The Hall–Kier alpha value is -3.15. The summed E-state index contributed by atoms with van der Waals surface area (Å²) < 4.78 is 6.44. The van der Waals surface area contributed by atoms with E-state index in [1.807, 2.05) is 25.3 Å². The quantitative estimate of drug-likeness (QED) is 0.752. The van der Waals surface area contributed by atoms with Gasteiger partial charge in [-0.3, -0.25) is 9.20 Å². The molecule has 2 aromatic heterocycles. The van der Waals surface area contributed by atoms with Gasteiger partial charge in [-0.1, -0.05) is 6.07 Å². The number of pyridine rings is 1. The van der Waals surface area contributed by atoms with E-state index < -0.39 is 5.97 Å². The molecule has 0 atom stereocenters. The molecule has 6 heteroatoms. The number of ether oxygens (including phenoxy) is 1. The number of nitrogens with zero attached hydrogens (tertiary/aromatic N) is 2. The number of aromatic nitrogens is 2. The lowest BCUT2D eigenvalue weighted by molar-refractivity contribution is 0.0600. The highest BCUT2D eigenvalue weighted by Crippen LogP contribution is 2.17. The predicted molar refractivity (Wildman–Crippen MR) is 90.4 cm³/mol. The van der Waals surface area contributed by atoms with Gasteiger partial charge in [-0.2, -0.15) is 0 Å². The number of aryl methyl sites for hydroxylation is 2. The summed E-state index contributed by atoms with van der Waals surface area (Å²) in [5, 5.41) is 2.80. The van der Waals surface area contributed by atoms with Crippen LogP contribution in [0.25, 0.3) is 5.65 Å². The van der Waals surface area contributed by atoms with Gasteiger partial charge in [0.25, 0.3) is 5.91 Å². The maximum absolute atomic E-state index is 12.7. The molecule has 6 nitrogen and oxygen atoms in total. The molecule has 0 saturated heterocycles. The SMILES string of the molecule is COC(=O)c1cccc(NC(=O)c2c(C)nc3cc(C)ccn23)c1. The van der Waals surface area contributed by atoms with Gasteiger partial charge in [-0.25, -0.2) is 9.78 Å². The average Bonchev–Trinajstić information content (AvgIpc) is 2.89. The minimum Gasteiger partial charge on any atom is -0.465 e. The van der Waals surface area contributed by atoms with Gasteiger partial charge < -0.3 is 10.1 Å². The maximum atomic E-state index is 12.7. The summed E-state index contributed by atoms with van der Waals surface area (Å²) in [4.78, 5) is 28.7. The van der Waals surface area contributed by atoms with E-state index in [1.54, 1.807) is 35.6 Å². The van der Waals surface area contributed by atoms with Gasteiger partial charge in [-0.05, 0) is 49.7 Å². The summed E-state index contributed by atoms with van der Waals surface area (Å²) >= 11 is 0. The molecular weight excluding hydrogens is 306 g/mol. The molecule has 3 rings (SSSR count). The fraction of sp³-hybridized carbons (Fsp3) is 0.167. The van der Waals surface area contributed by atoms with E-state index in [0.717, 1.165) is 11.2 Å². The second-order valence-corrected chi connectivity index (χ2v) is 5.50. The number of imidazole rings is 1. The first-order valence-corrected chi connectivity index (χ1v) is 7.44. The number of anilines is 1. The molecule has 1 N–H and O–H groups in total. The number of methoxy groups -OCH3 is 1. The summed E-state index contributed by atoms with van der Waals surface area (Å²) in [6.45, 7) is 3.77. The van der Waals surface area contributed by atoms with Gasteiger partial charge in [-0.15, -0.1) is 0 Å². The zero-order chi connectivity index (χ0) is 17.3. The van der Waals surface area contributed by atoms with Crippen molar-refractivity contribution in [3.05, 3.63) is 65.1 Å². The molecule has 122 valence electrons. The van der Waals surface area contributed by atoms with Crippen LogP contribution in [0.4, 0.5) is 5.69 Å². The molecule has 0 aliphatic rings. The van der Waals surface area contributed by atoms with Crippen LogP contribution < -0.4 is 5.32 Å². The number of rotatable bonds is 3. The number of carbonyl (C=O) groups excluding carboxylic acids is 2. The predicted octanol–water partition coefficient (Wildman–Crippen LogP) is 2.99. The third-order valence-corrected chi connectivity index (χ3v) is 3.71. The lowest BCUT2D eigenvalue weighted by Gasteiger charge is -2.07. The molecule has 1 amide bonds. The normalized spacial score (nSPS) is 10.6. The maximum Gasteiger partial charge on any atom is 0.337 e. The molecule has 0 bridgehead atoms. The van der Waals surface area contributed by atoms with Crippen LogP contribution >= 0.6 is 0 Å². The number of hydrogen-bond acceptors (Lipinski definition) is 4. The van der Waals surface area contributed by atoms with Crippen LogP contribution in [0, 0.1) is 13.8 Å². The molecule has 0 aliphatic heterocycles. The number of esters is 1. The monoisotopic (exact) mass is 323 g/mol. The summed E-state index contributed by atoms with van der Waals surface area (Å²) in [5.74, 6) is -0.738. The van der Waals surface area contributed by atoms with E-state index in [1.165, 1.54) is 7.11 Å². The van der Waals surface area contributed by atoms with Gasteiger partial charge in [0.1, 0.15) is 11.3 Å². The topological polar surface area (TPSA) is 72.7 Å². The van der Waals surface area contributed by atoms with E-state index in [4.69, 9.17) is 4.74 Å². The summed E-state index contributed by atoms with van der Waals surface area (Å²) in [7, 11) is 1.32. The molecule has 3 aromatic rings. The molecular formula is C18H17N3O3. The van der Waals surface area contributed by atoms with Crippen molar-refractivity contribution in [3.8, 4) is 0 Å². The Morgan fingerprint density at radius 1 is 1.17 bits per heavy atom. The molecule has 0 fully saturated rings. The van der Waals surface area contributed by atoms with E-state index in [-0.39, 0.29) is 5.91 Å². The number of benzene rings is 1. The van der Waals surface area contributed by atoms with Gasteiger partial charge in [0, 0.05) is 11.9 Å². The zero-order valence-electron chi connectivity index (χ0n) is 13.7. The first-order valence-electron chi connectivity index (χ1n) is 7.44. The molecule has 0 radical (unpaired) electrons. The van der Waals surface area contributed by atoms with E-state index in [2.05, 4.69) is 10.3 Å². The van der Waals surface area contributed by atoms with Crippen molar-refractivity contribution in [3.63, 3.8) is 0 Å². The second-order valence-electron chi connectivity index (χ2n) is 5.50. The van der Waals surface area contributed by atoms with Crippen LogP contribution in [0.1, 0.15) is 32.1 Å². The molecule has 2 heterocycles. The number of hydrogen-bond donors (Lipinski definition) is 1. The number of nitrogens with one attached hydrogen (secondary N) is 1. The number of fused-ring (bicyclic) bond motifs is 1. The van der Waals surface area contributed by atoms with Gasteiger partial charge >= 0.3 is 5.97 Å². The lowest BCUT2D eigenvalue weighted by Crippen LogP contribution is -2.16. The molecule has 0 spiro atoms. The van der Waals surface area contributed by atoms with Crippen LogP contribution in [0.2, 0.25) is 0 Å². The average molecular weight is 323 g/mol. The Bertz CT molecular complexity index is 944. The van der Waals surface area contributed by atoms with Crippen LogP contribution in [0.15, 0.2) is 42.6 Å². The Kier molecular flexibility index (Phi) is 4.04. The van der Waals surface area contributed by atoms with Crippen LogP contribution in [-0.2, 0) is 4.74 Å². The Morgan fingerprint density at radius 2 is 1.96 bits per heavy atom. The minimum absolute atomic E-state index is 0.286. The van der Waals surface area contributed by atoms with E-state index in [0.29, 0.717) is 22.6 Å². The van der Waals surface area contributed by atoms with Gasteiger partial charge in [0.05, 0.1) is 18.4 Å². The van der Waals surface area contributed by atoms with Crippen LogP contribution in [0.3, 0.4) is 0 Å². The van der Waals surface area contributed by atoms with Crippen molar-refractivity contribution >= 4 is 23.2 Å². The molecule has 24 heavy (non-hydrogen) atoms. The Labute approximate surface area is 139 Å². The number of carbonyl (C=O) groups is 2. The van der Waals surface area contributed by atoms with E-state index in [9.17, 15) is 9.59 Å². The van der Waals surface area contributed by atoms with Gasteiger partial charge in [0.2, 0.25) is 0 Å². The molecule has 0 saturated carbocycles. The zero-order valence-corrected chi connectivity index (χ0v) is 13.7. The Balaban J connectivity index is 1.93. The smallest absolute Gasteiger partial charge is 0.337 e. The lowest BCUT2D eigenvalue weighted by atomic mass is 10.2. The molecule has 0 unspecified atom stereocenters. The van der Waals surface area contributed by atoms with Crippen molar-refractivity contribution in [1.82, 2.24) is 9.38 Å². The van der Waals surface area contributed by atoms with Crippen molar-refractivity contribution < 1.29 is 14.3 Å². The van der Waals surface area contributed by atoms with E-state index >= 15 is 0 Å². The van der Waals surface area contributed by atoms with Crippen molar-refractivity contribution in [2.24, 2.45) is 0 Å². The molecule has 0 aliphatic carbocycles. The highest BCUT2D eigenvalue weighted by atomic mass is 16.5. The first kappa shape index (κ1) is 15.7. The first-order chi connectivity index (χ1) is 11.5. The highest BCUT2D eigenvalue weighted by Gasteiger charge is 2.17. The summed E-state index contributed by atoms with van der Waals surface area (Å²) in [5.41, 5.74) is 3.80. The minimum atomic E-state index is -0.451. The number of amides is 1. The Morgan fingerprint density at radius 3 is 2.71 bits per heavy atom. The summed E-state index contributed by atoms with van der Waals surface area (Å²) in [6.07, 6.45) is 1.82. The molecule has 1 aromatic carbocycles. The largest absolute Gasteiger partial charge is 0.465 e. The fourth-order valence-electron chi connectivity index (χ4n) is 2.57. The van der Waals surface area contributed by atoms with Crippen molar-refractivity contribution in [2.45, 2.75) is 13.8 Å². The van der Waals surface area contributed by atoms with Crippen molar-refractivity contribution in [1.29, 1.82) is 0 Å². The summed E-state index contributed by atoms with van der Waals surface area (Å²) in [6, 6.07) is 10.4. The highest BCUT2D eigenvalue weighted by molar-refractivity contribution is 6.05. The van der Waals surface area contributed by atoms with Crippen LogP contribution in [0.5, 0.6) is 0 Å². The third-order valence-electron chi connectivity index (χ3n) is 3.71. The standard InChI is InChI=1S/C18H17N3O3/c1-11-7-8-21-15(9-11)19-12(2)16(21)17(22)20-14-6-4-5-13(10-14)18(23)24-3/h4-10H,1-3H3,(H,20,22). The van der Waals surface area contributed by atoms with Gasteiger partial charge in [0.15, 0.2) is 0 Å².